The highest BCUT2D eigenvalue weighted by Gasteiger charge is 2.30. The lowest BCUT2D eigenvalue weighted by atomic mass is 10.0. The van der Waals surface area contributed by atoms with Crippen molar-refractivity contribution in [2.45, 2.75) is 32.4 Å². The second kappa shape index (κ2) is 8.09. The first-order valence-corrected chi connectivity index (χ1v) is 9.83. The number of sulfonamides is 1. The molecule has 0 saturated carbocycles. The summed E-state index contributed by atoms with van der Waals surface area (Å²) in [4.78, 5) is 14.6. The van der Waals surface area contributed by atoms with Crippen molar-refractivity contribution in [3.8, 4) is 0 Å². The van der Waals surface area contributed by atoms with E-state index in [2.05, 4.69) is 0 Å². The Morgan fingerprint density at radius 3 is 2.50 bits per heavy atom. The van der Waals surface area contributed by atoms with E-state index in [9.17, 15) is 13.2 Å². The number of piperidine rings is 1. The number of hydrogen-bond donors (Lipinski definition) is 0. The fraction of sp³-hybridized carbons (Fsp3) is 0.588. The molecule has 1 saturated heterocycles. The number of ether oxygens (including phenoxy) is 1. The van der Waals surface area contributed by atoms with Gasteiger partial charge in [0.2, 0.25) is 10.0 Å². The molecule has 0 radical (unpaired) electrons. The van der Waals surface area contributed by atoms with Gasteiger partial charge in [0.05, 0.1) is 12.4 Å². The second-order valence-corrected chi connectivity index (χ2v) is 8.35. The molecule has 24 heavy (non-hydrogen) atoms. The molecule has 0 aliphatic carbocycles. The van der Waals surface area contributed by atoms with Crippen molar-refractivity contribution in [2.75, 3.05) is 33.0 Å². The van der Waals surface area contributed by atoms with Crippen molar-refractivity contribution in [1.29, 1.82) is 0 Å². The number of carbonyl (C=O) groups excluding carboxylic acids is 1. The lowest BCUT2D eigenvalue weighted by Crippen LogP contribution is -2.47. The molecular formula is C17H26N2O4S. The Bertz CT molecular complexity index is 667. The third kappa shape index (κ3) is 4.15. The van der Waals surface area contributed by atoms with E-state index in [1.54, 1.807) is 26.0 Å². The Morgan fingerprint density at radius 2 is 1.92 bits per heavy atom. The summed E-state index contributed by atoms with van der Waals surface area (Å²) < 4.78 is 30.6. The molecule has 1 aromatic carbocycles. The van der Waals surface area contributed by atoms with Crippen LogP contribution in [0.5, 0.6) is 0 Å². The summed E-state index contributed by atoms with van der Waals surface area (Å²) in [5, 5.41) is 0. The average Bonchev–Trinajstić information content (AvgIpc) is 2.61. The van der Waals surface area contributed by atoms with Crippen LogP contribution >= 0.6 is 0 Å². The zero-order valence-corrected chi connectivity index (χ0v) is 15.4. The first-order valence-electron chi connectivity index (χ1n) is 8.22. The molecule has 2 rings (SSSR count). The molecule has 0 aromatic heterocycles. The van der Waals surface area contributed by atoms with Gasteiger partial charge in [-0.05, 0) is 31.4 Å². The Kier molecular flexibility index (Phi) is 6.37. The van der Waals surface area contributed by atoms with E-state index in [4.69, 9.17) is 4.74 Å². The largest absolute Gasteiger partial charge is 0.380 e. The highest BCUT2D eigenvalue weighted by atomic mass is 32.2. The molecule has 0 N–H and O–H groups in total. The van der Waals surface area contributed by atoms with E-state index in [0.717, 1.165) is 5.56 Å². The summed E-state index contributed by atoms with van der Waals surface area (Å²) >= 11 is 0. The summed E-state index contributed by atoms with van der Waals surface area (Å²) in [5.41, 5.74) is 1.53. The molecule has 0 atom stereocenters. The molecule has 0 bridgehead atoms. The third-order valence-electron chi connectivity index (χ3n) is 4.62. The number of hydrogen-bond acceptors (Lipinski definition) is 4. The van der Waals surface area contributed by atoms with Gasteiger partial charge in [-0.3, -0.25) is 4.79 Å². The lowest BCUT2D eigenvalue weighted by molar-refractivity contribution is 0.0681. The summed E-state index contributed by atoms with van der Waals surface area (Å²) in [5.74, 6) is 0.0923. The number of methoxy groups -OCH3 is 1. The van der Waals surface area contributed by atoms with Gasteiger partial charge in [0, 0.05) is 38.9 Å². The summed E-state index contributed by atoms with van der Waals surface area (Å²) in [6, 6.07) is 7.41. The standard InChI is InChI=1S/C17H26N2O4S/c1-4-24(21,22)18(2)15-9-11-19(12-10-15)17(20)16-8-6-5-7-14(16)13-23-3/h5-8,15H,4,9-13H2,1-3H3. The number of nitrogens with zero attached hydrogens (tertiary/aromatic N) is 2. The van der Waals surface area contributed by atoms with Crippen molar-refractivity contribution in [3.63, 3.8) is 0 Å². The monoisotopic (exact) mass is 354 g/mol. The number of rotatable bonds is 6. The van der Waals surface area contributed by atoms with Crippen LogP contribution in [0.15, 0.2) is 24.3 Å². The quantitative estimate of drug-likeness (QED) is 0.780. The van der Waals surface area contributed by atoms with Crippen LogP contribution < -0.4 is 0 Å². The van der Waals surface area contributed by atoms with Crippen LogP contribution in [0.25, 0.3) is 0 Å². The van der Waals surface area contributed by atoms with Gasteiger partial charge in [-0.25, -0.2) is 12.7 Å². The molecular weight excluding hydrogens is 328 g/mol. The van der Waals surface area contributed by atoms with Crippen LogP contribution in [0.1, 0.15) is 35.7 Å². The number of carbonyl (C=O) groups is 1. The van der Waals surface area contributed by atoms with Gasteiger partial charge in [0.15, 0.2) is 0 Å². The van der Waals surface area contributed by atoms with Gasteiger partial charge in [0.25, 0.3) is 5.91 Å². The van der Waals surface area contributed by atoms with Crippen molar-refractivity contribution in [1.82, 2.24) is 9.21 Å². The Hall–Kier alpha value is -1.44. The second-order valence-electron chi connectivity index (χ2n) is 6.03. The lowest BCUT2D eigenvalue weighted by Gasteiger charge is -2.36. The predicted molar refractivity (Wildman–Crippen MR) is 93.3 cm³/mol. The Labute approximate surface area is 144 Å². The zero-order valence-electron chi connectivity index (χ0n) is 14.6. The van der Waals surface area contributed by atoms with Gasteiger partial charge >= 0.3 is 0 Å². The Balaban J connectivity index is 2.03. The SMILES string of the molecule is CCS(=O)(=O)N(C)C1CCN(C(=O)c2ccccc2COC)CC1. The van der Waals surface area contributed by atoms with Crippen molar-refractivity contribution >= 4 is 15.9 Å². The maximum Gasteiger partial charge on any atom is 0.254 e. The molecule has 7 heteroatoms. The number of likely N-dealkylation sites (tertiary alicyclic amines) is 1. The molecule has 6 nitrogen and oxygen atoms in total. The first kappa shape index (κ1) is 18.9. The molecule has 1 aromatic rings. The summed E-state index contributed by atoms with van der Waals surface area (Å²) in [6.45, 7) is 3.18. The molecule has 134 valence electrons. The van der Waals surface area contributed by atoms with Crippen LogP contribution in [-0.4, -0.2) is 62.6 Å². The number of amides is 1. The minimum atomic E-state index is -3.19. The maximum atomic E-state index is 12.8. The van der Waals surface area contributed by atoms with Crippen LogP contribution in [-0.2, 0) is 21.4 Å². The van der Waals surface area contributed by atoms with Crippen LogP contribution in [0.4, 0.5) is 0 Å². The number of benzene rings is 1. The van der Waals surface area contributed by atoms with Crippen LogP contribution in [0, 0.1) is 0 Å². The zero-order chi connectivity index (χ0) is 17.7. The summed E-state index contributed by atoms with van der Waals surface area (Å²) in [7, 11) is 0.0533. The normalized spacial score (nSPS) is 16.6. The van der Waals surface area contributed by atoms with E-state index >= 15 is 0 Å². The highest BCUT2D eigenvalue weighted by Crippen LogP contribution is 2.21. The fourth-order valence-electron chi connectivity index (χ4n) is 3.04. The van der Waals surface area contributed by atoms with E-state index in [-0.39, 0.29) is 17.7 Å². The van der Waals surface area contributed by atoms with Crippen LogP contribution in [0.3, 0.4) is 0 Å². The summed E-state index contributed by atoms with van der Waals surface area (Å²) in [6.07, 6.45) is 1.32. The van der Waals surface area contributed by atoms with E-state index in [0.29, 0.717) is 38.1 Å². The van der Waals surface area contributed by atoms with Gasteiger partial charge in [0.1, 0.15) is 0 Å². The average molecular weight is 354 g/mol. The molecule has 0 spiro atoms. The first-order chi connectivity index (χ1) is 11.4. The van der Waals surface area contributed by atoms with Crippen LogP contribution in [0.2, 0.25) is 0 Å². The van der Waals surface area contributed by atoms with E-state index < -0.39 is 10.0 Å². The molecule has 1 amide bonds. The molecule has 1 aliphatic rings. The van der Waals surface area contributed by atoms with Gasteiger partial charge in [-0.15, -0.1) is 0 Å². The minimum Gasteiger partial charge on any atom is -0.380 e. The smallest absolute Gasteiger partial charge is 0.254 e. The minimum absolute atomic E-state index is 0.0119. The van der Waals surface area contributed by atoms with Gasteiger partial charge in [-0.1, -0.05) is 18.2 Å². The predicted octanol–water partition coefficient (Wildman–Crippen LogP) is 1.72. The van der Waals surface area contributed by atoms with E-state index in [1.165, 1.54) is 4.31 Å². The van der Waals surface area contributed by atoms with Crippen molar-refractivity contribution in [2.24, 2.45) is 0 Å². The van der Waals surface area contributed by atoms with Crippen molar-refractivity contribution in [3.05, 3.63) is 35.4 Å². The molecule has 0 unspecified atom stereocenters. The van der Waals surface area contributed by atoms with E-state index in [1.807, 2.05) is 24.3 Å². The maximum absolute atomic E-state index is 12.8. The topological polar surface area (TPSA) is 66.9 Å². The molecule has 1 aliphatic heterocycles. The third-order valence-corrected chi connectivity index (χ3v) is 6.52. The molecule has 1 heterocycles. The van der Waals surface area contributed by atoms with Gasteiger partial charge in [-0.2, -0.15) is 0 Å². The van der Waals surface area contributed by atoms with Crippen molar-refractivity contribution < 1.29 is 17.9 Å². The Morgan fingerprint density at radius 1 is 1.29 bits per heavy atom. The fourth-order valence-corrected chi connectivity index (χ4v) is 4.12. The van der Waals surface area contributed by atoms with Gasteiger partial charge < -0.3 is 9.64 Å². The molecule has 1 fully saturated rings. The highest BCUT2D eigenvalue weighted by molar-refractivity contribution is 7.89.